The maximum Gasteiger partial charge on any atom is 0.282 e. The van der Waals surface area contributed by atoms with Gasteiger partial charge in [-0.25, -0.2) is 13.3 Å². The van der Waals surface area contributed by atoms with E-state index in [9.17, 15) is 8.42 Å². The Kier molecular flexibility index (Phi) is 4.08. The highest BCUT2D eigenvalue weighted by molar-refractivity contribution is 7.95. The van der Waals surface area contributed by atoms with Crippen LogP contribution in [0.15, 0.2) is 39.8 Å². The lowest BCUT2D eigenvalue weighted by molar-refractivity contribution is 0.602. The molecule has 0 aliphatic heterocycles. The number of hydrogen-bond donors (Lipinski definition) is 0. The van der Waals surface area contributed by atoms with Crippen LogP contribution in [0.2, 0.25) is 0 Å². The van der Waals surface area contributed by atoms with Gasteiger partial charge in [-0.05, 0) is 25.5 Å². The molecule has 90 valence electrons. The van der Waals surface area contributed by atoms with E-state index in [1.807, 2.05) is 13.8 Å². The van der Waals surface area contributed by atoms with Gasteiger partial charge in [0.05, 0.1) is 11.5 Å². The third-order valence-corrected chi connectivity index (χ3v) is 4.42. The summed E-state index contributed by atoms with van der Waals surface area (Å²) in [6.45, 7) is 12.4. The first-order valence-corrected chi connectivity index (χ1v) is 6.80. The summed E-state index contributed by atoms with van der Waals surface area (Å²) in [5.41, 5.74) is 1.59. The number of sulfone groups is 1. The van der Waals surface area contributed by atoms with E-state index in [1.165, 1.54) is 0 Å². The highest BCUT2D eigenvalue weighted by Gasteiger charge is 2.23. The Morgan fingerprint density at radius 3 is 2.24 bits per heavy atom. The van der Waals surface area contributed by atoms with Gasteiger partial charge in [0.2, 0.25) is 9.84 Å². The Morgan fingerprint density at radius 2 is 1.82 bits per heavy atom. The van der Waals surface area contributed by atoms with Crippen LogP contribution in [0.5, 0.6) is 0 Å². The summed E-state index contributed by atoms with van der Waals surface area (Å²) in [6.07, 6.45) is 0.558. The van der Waals surface area contributed by atoms with Crippen LogP contribution in [0.1, 0.15) is 25.8 Å². The lowest BCUT2D eigenvalue weighted by Crippen LogP contribution is -2.04. The molecular formula is C13H15NO2S. The van der Waals surface area contributed by atoms with Gasteiger partial charge in [0.25, 0.3) is 5.03 Å². The Hall–Kier alpha value is -1.60. The van der Waals surface area contributed by atoms with E-state index >= 15 is 0 Å². The monoisotopic (exact) mass is 249 g/mol. The van der Waals surface area contributed by atoms with E-state index < -0.39 is 9.84 Å². The molecular weight excluding hydrogens is 234 g/mol. The minimum atomic E-state index is -3.65. The number of nitrogens with zero attached hydrogens (tertiary/aromatic N) is 1. The number of rotatable bonds is 3. The summed E-state index contributed by atoms with van der Waals surface area (Å²) in [6, 6.07) is 6.54. The smallest absolute Gasteiger partial charge is 0.230 e. The predicted molar refractivity (Wildman–Crippen MR) is 68.0 cm³/mol. The maximum absolute atomic E-state index is 12.2. The number of benzene rings is 1. The first kappa shape index (κ1) is 13.5. The van der Waals surface area contributed by atoms with E-state index in [0.717, 1.165) is 5.56 Å². The lowest BCUT2D eigenvalue weighted by atomic mass is 10.2. The van der Waals surface area contributed by atoms with E-state index in [0.29, 0.717) is 12.0 Å². The van der Waals surface area contributed by atoms with Crippen LogP contribution in [-0.4, -0.2) is 8.42 Å². The summed E-state index contributed by atoms with van der Waals surface area (Å²) in [7, 11) is -3.65. The molecule has 0 spiro atoms. The molecule has 0 unspecified atom stereocenters. The minimum Gasteiger partial charge on any atom is -0.230 e. The van der Waals surface area contributed by atoms with Crippen molar-refractivity contribution in [3.05, 3.63) is 51.8 Å². The molecule has 1 aromatic carbocycles. The third kappa shape index (κ3) is 2.75. The van der Waals surface area contributed by atoms with Crippen molar-refractivity contribution >= 4 is 9.84 Å². The molecule has 0 saturated carbocycles. The predicted octanol–water partition coefficient (Wildman–Crippen LogP) is 3.33. The average Bonchev–Trinajstić information content (AvgIpc) is 2.29. The molecule has 0 saturated heterocycles. The summed E-state index contributed by atoms with van der Waals surface area (Å²) < 4.78 is 24.4. The van der Waals surface area contributed by atoms with Crippen LogP contribution >= 0.6 is 0 Å². The van der Waals surface area contributed by atoms with Gasteiger partial charge in [0.15, 0.2) is 0 Å². The van der Waals surface area contributed by atoms with Crippen molar-refractivity contribution in [2.75, 3.05) is 0 Å². The van der Waals surface area contributed by atoms with Gasteiger partial charge in [-0.1, -0.05) is 37.1 Å². The fourth-order valence-corrected chi connectivity index (χ4v) is 2.81. The number of aryl methyl sites for hydroxylation is 1. The van der Waals surface area contributed by atoms with Crippen molar-refractivity contribution in [2.24, 2.45) is 0 Å². The molecule has 0 aromatic heterocycles. The lowest BCUT2D eigenvalue weighted by Gasteiger charge is -2.06. The fourth-order valence-electron chi connectivity index (χ4n) is 1.37. The van der Waals surface area contributed by atoms with E-state index in [4.69, 9.17) is 6.57 Å². The largest absolute Gasteiger partial charge is 0.282 e. The summed E-state index contributed by atoms with van der Waals surface area (Å²) in [5.74, 6) is 0. The highest BCUT2D eigenvalue weighted by Crippen LogP contribution is 2.24. The molecule has 1 aromatic rings. The van der Waals surface area contributed by atoms with Crippen molar-refractivity contribution in [1.82, 2.24) is 0 Å². The Labute approximate surface area is 103 Å². The fraction of sp³-hybridized carbons (Fsp3) is 0.308. The van der Waals surface area contributed by atoms with Gasteiger partial charge in [0.1, 0.15) is 0 Å². The molecule has 0 bridgehead atoms. The van der Waals surface area contributed by atoms with Gasteiger partial charge >= 0.3 is 0 Å². The third-order valence-electron chi connectivity index (χ3n) is 2.58. The van der Waals surface area contributed by atoms with Gasteiger partial charge in [-0.2, -0.15) is 0 Å². The van der Waals surface area contributed by atoms with Crippen LogP contribution in [0.3, 0.4) is 0 Å². The molecule has 4 heteroatoms. The Morgan fingerprint density at radius 1 is 1.29 bits per heavy atom. The molecule has 3 nitrogen and oxygen atoms in total. The van der Waals surface area contributed by atoms with Gasteiger partial charge in [-0.15, -0.1) is 0 Å². The molecule has 0 fully saturated rings. The second-order valence-corrected chi connectivity index (χ2v) is 5.73. The molecule has 0 N–H and O–H groups in total. The first-order valence-electron chi connectivity index (χ1n) is 5.32. The second-order valence-electron chi connectivity index (χ2n) is 3.87. The molecule has 0 amide bonds. The topological polar surface area (TPSA) is 38.5 Å². The maximum atomic E-state index is 12.2. The van der Waals surface area contributed by atoms with Gasteiger partial charge in [0, 0.05) is 0 Å². The van der Waals surface area contributed by atoms with Crippen LogP contribution in [-0.2, 0) is 9.84 Å². The zero-order chi connectivity index (χ0) is 13.1. The van der Waals surface area contributed by atoms with Crippen molar-refractivity contribution in [2.45, 2.75) is 32.1 Å². The molecule has 0 aliphatic carbocycles. The minimum absolute atomic E-state index is 0.149. The molecule has 0 radical (unpaired) electrons. The van der Waals surface area contributed by atoms with Crippen molar-refractivity contribution in [1.29, 1.82) is 0 Å². The average molecular weight is 249 g/mol. The van der Waals surface area contributed by atoms with Crippen LogP contribution in [0, 0.1) is 13.5 Å². The van der Waals surface area contributed by atoms with Crippen molar-refractivity contribution in [3.8, 4) is 0 Å². The molecule has 1 rings (SSSR count). The molecule has 17 heavy (non-hydrogen) atoms. The van der Waals surface area contributed by atoms with E-state index in [-0.39, 0.29) is 9.92 Å². The van der Waals surface area contributed by atoms with Crippen LogP contribution in [0.25, 0.3) is 4.85 Å². The number of allylic oxidation sites excluding steroid dienone is 1. The summed E-state index contributed by atoms with van der Waals surface area (Å²) >= 11 is 0. The molecule has 0 aliphatic rings. The standard InChI is InChI=1S/C13H15NO2S/c1-5-11(3)13(14-4)17(15,16)12-8-6-10(2)7-9-12/h6-9H,5H2,1-3H3/b13-11-. The number of hydrogen-bond acceptors (Lipinski definition) is 2. The van der Waals surface area contributed by atoms with E-state index in [2.05, 4.69) is 4.85 Å². The normalized spacial score (nSPS) is 12.8. The summed E-state index contributed by atoms with van der Waals surface area (Å²) in [5, 5.41) is -0.149. The van der Waals surface area contributed by atoms with Crippen molar-refractivity contribution in [3.63, 3.8) is 0 Å². The SMILES string of the molecule is [C-]#[N+]/C(=C(\C)CC)S(=O)(=O)c1ccc(C)cc1. The molecule has 0 heterocycles. The van der Waals surface area contributed by atoms with E-state index in [1.54, 1.807) is 31.2 Å². The highest BCUT2D eigenvalue weighted by atomic mass is 32.2. The first-order chi connectivity index (χ1) is 7.93. The van der Waals surface area contributed by atoms with Crippen molar-refractivity contribution < 1.29 is 8.42 Å². The van der Waals surface area contributed by atoms with Gasteiger partial charge in [-0.3, -0.25) is 0 Å². The Balaban J connectivity index is 3.39. The second kappa shape index (κ2) is 5.15. The summed E-state index contributed by atoms with van der Waals surface area (Å²) in [4.78, 5) is 3.35. The quantitative estimate of drug-likeness (QED) is 0.771. The van der Waals surface area contributed by atoms with Gasteiger partial charge < -0.3 is 0 Å². The van der Waals surface area contributed by atoms with Crippen LogP contribution in [0.4, 0.5) is 0 Å². The van der Waals surface area contributed by atoms with Crippen LogP contribution < -0.4 is 0 Å². The Bertz CT molecular complexity index is 575. The zero-order valence-electron chi connectivity index (χ0n) is 10.2. The zero-order valence-corrected chi connectivity index (χ0v) is 11.0. The molecule has 0 atom stereocenters.